The molecule has 2 bridgehead atoms. The van der Waals surface area contributed by atoms with Crippen LogP contribution in [0.4, 0.5) is 0 Å². The van der Waals surface area contributed by atoms with Gasteiger partial charge in [-0.1, -0.05) is 18.9 Å². The second-order valence-corrected chi connectivity index (χ2v) is 9.51. The Labute approximate surface area is 183 Å². The van der Waals surface area contributed by atoms with Crippen molar-refractivity contribution in [3.8, 4) is 17.2 Å². The number of nitrogens with zero attached hydrogens (tertiary/aromatic N) is 1. The van der Waals surface area contributed by atoms with Gasteiger partial charge in [0.2, 0.25) is 6.79 Å². The Morgan fingerprint density at radius 3 is 2.94 bits per heavy atom. The summed E-state index contributed by atoms with van der Waals surface area (Å²) in [5, 5.41) is 0. The smallest absolute Gasteiger partial charge is 0.231 e. The first-order valence-corrected chi connectivity index (χ1v) is 11.5. The van der Waals surface area contributed by atoms with E-state index in [4.69, 9.17) is 14.2 Å². The van der Waals surface area contributed by atoms with E-state index in [0.29, 0.717) is 29.8 Å². The summed E-state index contributed by atoms with van der Waals surface area (Å²) in [6, 6.07) is 12.6. The largest absolute Gasteiger partial charge is 0.497 e. The van der Waals surface area contributed by atoms with E-state index in [1.165, 1.54) is 36.8 Å². The molecule has 2 fully saturated rings. The first-order valence-electron chi connectivity index (χ1n) is 11.5. The maximum absolute atomic E-state index is 13.2. The van der Waals surface area contributed by atoms with E-state index < -0.39 is 0 Å². The highest BCUT2D eigenvalue weighted by molar-refractivity contribution is 5.98. The van der Waals surface area contributed by atoms with E-state index in [-0.39, 0.29) is 18.0 Å². The Morgan fingerprint density at radius 2 is 2.03 bits per heavy atom. The summed E-state index contributed by atoms with van der Waals surface area (Å²) in [6.07, 6.45) is 7.28. The Bertz CT molecular complexity index is 1030. The maximum atomic E-state index is 13.2. The Balaban J connectivity index is 1.30. The van der Waals surface area contributed by atoms with Gasteiger partial charge in [0.1, 0.15) is 5.75 Å². The average Bonchev–Trinajstić information content (AvgIpc) is 3.28. The lowest BCUT2D eigenvalue weighted by Crippen LogP contribution is -2.61. The van der Waals surface area contributed by atoms with Crippen LogP contribution in [0.1, 0.15) is 53.6 Å². The fourth-order valence-electron chi connectivity index (χ4n) is 6.73. The number of hydrogen-bond donors (Lipinski definition) is 0. The van der Waals surface area contributed by atoms with Gasteiger partial charge in [0, 0.05) is 17.0 Å². The minimum Gasteiger partial charge on any atom is -0.497 e. The number of carbonyl (C=O) groups excluding carboxylic acids is 1. The first kappa shape index (κ1) is 19.2. The van der Waals surface area contributed by atoms with Gasteiger partial charge in [0.25, 0.3) is 0 Å². The number of likely N-dealkylation sites (tertiary alicyclic amines) is 1. The zero-order chi connectivity index (χ0) is 21.0. The highest BCUT2D eigenvalue weighted by atomic mass is 16.7. The van der Waals surface area contributed by atoms with Crippen LogP contribution in [0.25, 0.3) is 0 Å². The Hall–Kier alpha value is -2.53. The van der Waals surface area contributed by atoms with Crippen LogP contribution in [0.15, 0.2) is 36.4 Å². The molecule has 5 heteroatoms. The van der Waals surface area contributed by atoms with E-state index in [0.717, 1.165) is 30.9 Å². The van der Waals surface area contributed by atoms with Crippen molar-refractivity contribution >= 4 is 5.78 Å². The molecule has 0 spiro atoms. The van der Waals surface area contributed by atoms with Crippen LogP contribution >= 0.6 is 0 Å². The minimum atomic E-state index is 0.169. The quantitative estimate of drug-likeness (QED) is 0.689. The van der Waals surface area contributed by atoms with Crippen molar-refractivity contribution < 1.29 is 19.0 Å². The van der Waals surface area contributed by atoms with Crippen molar-refractivity contribution in [2.24, 2.45) is 5.92 Å². The molecule has 1 saturated heterocycles. The third kappa shape index (κ3) is 2.97. The highest BCUT2D eigenvalue weighted by Gasteiger charge is 2.54. The molecular formula is C26H29NO4. The van der Waals surface area contributed by atoms with Gasteiger partial charge in [-0.2, -0.15) is 0 Å². The Morgan fingerprint density at radius 1 is 1.13 bits per heavy atom. The number of methoxy groups -OCH3 is 1. The number of hydrogen-bond acceptors (Lipinski definition) is 5. The molecular weight excluding hydrogens is 390 g/mol. The van der Waals surface area contributed by atoms with Crippen molar-refractivity contribution in [3.05, 3.63) is 53.1 Å². The van der Waals surface area contributed by atoms with Crippen molar-refractivity contribution in [3.63, 3.8) is 0 Å². The summed E-state index contributed by atoms with van der Waals surface area (Å²) >= 11 is 0. The van der Waals surface area contributed by atoms with E-state index in [9.17, 15) is 4.79 Å². The summed E-state index contributed by atoms with van der Waals surface area (Å²) in [6.45, 7) is 1.69. The molecule has 0 aromatic heterocycles. The van der Waals surface area contributed by atoms with Crippen LogP contribution in [0.3, 0.4) is 0 Å². The molecule has 1 saturated carbocycles. The van der Waals surface area contributed by atoms with Gasteiger partial charge in [-0.15, -0.1) is 0 Å². The highest BCUT2D eigenvalue weighted by Crippen LogP contribution is 2.56. The Kier molecular flexibility index (Phi) is 4.49. The third-order valence-corrected chi connectivity index (χ3v) is 8.20. The predicted molar refractivity (Wildman–Crippen MR) is 117 cm³/mol. The van der Waals surface area contributed by atoms with Crippen LogP contribution in [0.2, 0.25) is 0 Å². The average molecular weight is 420 g/mol. The maximum Gasteiger partial charge on any atom is 0.231 e. The number of ketones is 1. The number of benzene rings is 2. The van der Waals surface area contributed by atoms with Crippen LogP contribution in [-0.4, -0.2) is 43.7 Å². The lowest BCUT2D eigenvalue weighted by Gasteiger charge is -2.59. The van der Waals surface area contributed by atoms with Gasteiger partial charge in [0.15, 0.2) is 17.3 Å². The number of fused-ring (bicyclic) bond motifs is 2. The predicted octanol–water partition coefficient (Wildman–Crippen LogP) is 4.37. The zero-order valence-corrected chi connectivity index (χ0v) is 18.1. The fourth-order valence-corrected chi connectivity index (χ4v) is 6.73. The molecule has 2 aliphatic carbocycles. The molecule has 4 aliphatic rings. The molecule has 6 rings (SSSR count). The molecule has 2 heterocycles. The fraction of sp³-hybridized carbons (Fsp3) is 0.500. The molecule has 162 valence electrons. The number of piperidine rings is 1. The van der Waals surface area contributed by atoms with Gasteiger partial charge in [-0.25, -0.2) is 0 Å². The molecule has 0 radical (unpaired) electrons. The normalized spacial score (nSPS) is 28.5. The van der Waals surface area contributed by atoms with Crippen molar-refractivity contribution in [2.75, 3.05) is 27.0 Å². The molecule has 31 heavy (non-hydrogen) atoms. The first-order chi connectivity index (χ1) is 15.2. The number of carbonyl (C=O) groups is 1. The standard InChI is InChI=1S/C26H29NO4/c1-29-19-7-5-17-12-22-20-4-2-3-9-26(20,21(17)14-19)10-11-27(22)15-23(28)18-6-8-24-25(13-18)31-16-30-24/h5-8,13-14,20,22H,2-4,9-12,15-16H2,1H3/t20-,22+,26+/m0/s1. The second-order valence-electron chi connectivity index (χ2n) is 9.51. The summed E-state index contributed by atoms with van der Waals surface area (Å²) in [4.78, 5) is 15.7. The topological polar surface area (TPSA) is 48.0 Å². The monoisotopic (exact) mass is 419 g/mol. The molecule has 0 amide bonds. The van der Waals surface area contributed by atoms with Crippen LogP contribution in [0.5, 0.6) is 17.2 Å². The SMILES string of the molecule is COc1ccc2c(c1)[C@@]13CCCC[C@H]1[C@@H](C2)N(CC(=O)c1ccc2c(c1)OCO2)CC3. The van der Waals surface area contributed by atoms with Gasteiger partial charge in [0.05, 0.1) is 13.7 Å². The number of ether oxygens (including phenoxy) is 3. The lowest BCUT2D eigenvalue weighted by atomic mass is 9.52. The van der Waals surface area contributed by atoms with Crippen molar-refractivity contribution in [1.82, 2.24) is 4.90 Å². The summed E-state index contributed by atoms with van der Waals surface area (Å²) in [5.41, 5.74) is 3.94. The molecule has 0 N–H and O–H groups in total. The van der Waals surface area contributed by atoms with Gasteiger partial charge >= 0.3 is 0 Å². The van der Waals surface area contributed by atoms with E-state index in [1.807, 2.05) is 18.2 Å². The van der Waals surface area contributed by atoms with Gasteiger partial charge in [-0.05, 0) is 79.6 Å². The zero-order valence-electron chi connectivity index (χ0n) is 18.1. The molecule has 2 aromatic rings. The van der Waals surface area contributed by atoms with Crippen LogP contribution < -0.4 is 14.2 Å². The van der Waals surface area contributed by atoms with Gasteiger partial charge < -0.3 is 14.2 Å². The van der Waals surface area contributed by atoms with Crippen molar-refractivity contribution in [2.45, 2.75) is 50.0 Å². The molecule has 0 unspecified atom stereocenters. The molecule has 2 aromatic carbocycles. The third-order valence-electron chi connectivity index (χ3n) is 8.20. The minimum absolute atomic E-state index is 0.169. The van der Waals surface area contributed by atoms with E-state index in [1.54, 1.807) is 7.11 Å². The van der Waals surface area contributed by atoms with Crippen molar-refractivity contribution in [1.29, 1.82) is 0 Å². The molecule has 3 atom stereocenters. The summed E-state index contributed by atoms with van der Waals surface area (Å²) < 4.78 is 16.4. The van der Waals surface area contributed by atoms with Gasteiger partial charge in [-0.3, -0.25) is 9.69 Å². The van der Waals surface area contributed by atoms with E-state index in [2.05, 4.69) is 23.1 Å². The lowest BCUT2D eigenvalue weighted by molar-refractivity contribution is -0.00848. The molecule has 2 aliphatic heterocycles. The summed E-state index contributed by atoms with van der Waals surface area (Å²) in [5.74, 6) is 3.16. The van der Waals surface area contributed by atoms with E-state index >= 15 is 0 Å². The van der Waals surface area contributed by atoms with Crippen LogP contribution in [-0.2, 0) is 11.8 Å². The molecule has 5 nitrogen and oxygen atoms in total. The summed E-state index contributed by atoms with van der Waals surface area (Å²) in [7, 11) is 1.76. The number of Topliss-reactive ketones (excluding diaryl/α,β-unsaturated/α-hetero) is 1. The second kappa shape index (κ2) is 7.27. The number of rotatable bonds is 4. The van der Waals surface area contributed by atoms with Crippen LogP contribution in [0, 0.1) is 5.92 Å².